The monoisotopic (exact) mass is 384 g/mol. The van der Waals surface area contributed by atoms with Crippen LogP contribution >= 0.6 is 0 Å². The molecule has 3 heterocycles. The van der Waals surface area contributed by atoms with Crippen LogP contribution in [0.1, 0.15) is 24.0 Å². The zero-order valence-corrected chi connectivity index (χ0v) is 16.8. The SMILES string of the molecule is Cc1ccc(Nc2nc(N3CCCC3)nc3c2cnn3-c2ccccc2)cc1C. The number of nitrogens with one attached hydrogen (secondary N) is 1. The summed E-state index contributed by atoms with van der Waals surface area (Å²) in [6.07, 6.45) is 4.21. The third kappa shape index (κ3) is 3.31. The number of hydrogen-bond acceptors (Lipinski definition) is 5. The summed E-state index contributed by atoms with van der Waals surface area (Å²) in [6, 6.07) is 16.5. The Kier molecular flexibility index (Phi) is 4.39. The van der Waals surface area contributed by atoms with Gasteiger partial charge in [-0.05, 0) is 62.1 Å². The van der Waals surface area contributed by atoms with Crippen LogP contribution in [0.4, 0.5) is 17.5 Å². The molecule has 0 spiro atoms. The van der Waals surface area contributed by atoms with Crippen LogP contribution in [0.5, 0.6) is 0 Å². The predicted molar refractivity (Wildman–Crippen MR) is 117 cm³/mol. The van der Waals surface area contributed by atoms with Gasteiger partial charge in [0.1, 0.15) is 5.82 Å². The Morgan fingerprint density at radius 1 is 0.897 bits per heavy atom. The maximum absolute atomic E-state index is 4.90. The summed E-state index contributed by atoms with van der Waals surface area (Å²) in [4.78, 5) is 12.0. The summed E-state index contributed by atoms with van der Waals surface area (Å²) >= 11 is 0. The maximum atomic E-state index is 4.90. The van der Waals surface area contributed by atoms with Gasteiger partial charge in [0, 0.05) is 18.8 Å². The van der Waals surface area contributed by atoms with E-state index in [0.29, 0.717) is 0 Å². The summed E-state index contributed by atoms with van der Waals surface area (Å²) < 4.78 is 1.89. The van der Waals surface area contributed by atoms with Crippen LogP contribution in [0, 0.1) is 13.8 Å². The molecule has 0 saturated carbocycles. The van der Waals surface area contributed by atoms with E-state index in [4.69, 9.17) is 9.97 Å². The summed E-state index contributed by atoms with van der Waals surface area (Å²) in [6.45, 7) is 6.23. The predicted octanol–water partition coefficient (Wildman–Crippen LogP) is 4.78. The van der Waals surface area contributed by atoms with E-state index < -0.39 is 0 Å². The number of rotatable bonds is 4. The Balaban J connectivity index is 1.65. The molecule has 146 valence electrons. The lowest BCUT2D eigenvalue weighted by Gasteiger charge is -2.17. The van der Waals surface area contributed by atoms with Crippen LogP contribution in [0.25, 0.3) is 16.7 Å². The van der Waals surface area contributed by atoms with Crippen LogP contribution in [-0.4, -0.2) is 32.8 Å². The van der Waals surface area contributed by atoms with Gasteiger partial charge in [-0.1, -0.05) is 24.3 Å². The first-order valence-electron chi connectivity index (χ1n) is 10.1. The summed E-state index contributed by atoms with van der Waals surface area (Å²) in [5.41, 5.74) is 5.36. The second-order valence-corrected chi connectivity index (χ2v) is 7.62. The summed E-state index contributed by atoms with van der Waals surface area (Å²) in [5.74, 6) is 1.56. The molecule has 4 aromatic rings. The number of anilines is 3. The van der Waals surface area contributed by atoms with Gasteiger partial charge >= 0.3 is 0 Å². The Labute approximate surface area is 170 Å². The van der Waals surface area contributed by atoms with Crippen molar-refractivity contribution in [1.29, 1.82) is 0 Å². The molecule has 6 nitrogen and oxygen atoms in total. The molecule has 0 unspecified atom stereocenters. The molecule has 1 saturated heterocycles. The van der Waals surface area contributed by atoms with E-state index in [2.05, 4.69) is 47.4 Å². The smallest absolute Gasteiger partial charge is 0.229 e. The molecule has 0 aliphatic carbocycles. The summed E-state index contributed by atoms with van der Waals surface area (Å²) in [5, 5.41) is 9.05. The van der Waals surface area contributed by atoms with E-state index in [1.165, 1.54) is 24.0 Å². The quantitative estimate of drug-likeness (QED) is 0.549. The normalized spacial score (nSPS) is 13.9. The number of nitrogens with zero attached hydrogens (tertiary/aromatic N) is 5. The molecule has 0 bridgehead atoms. The van der Waals surface area contributed by atoms with E-state index >= 15 is 0 Å². The highest BCUT2D eigenvalue weighted by Crippen LogP contribution is 2.29. The van der Waals surface area contributed by atoms with Gasteiger partial charge in [0.05, 0.1) is 17.3 Å². The molecule has 1 aliphatic heterocycles. The van der Waals surface area contributed by atoms with Crippen LogP contribution in [0.3, 0.4) is 0 Å². The Morgan fingerprint density at radius 2 is 1.69 bits per heavy atom. The first-order chi connectivity index (χ1) is 14.2. The Hall–Kier alpha value is -3.41. The van der Waals surface area contributed by atoms with Gasteiger partial charge in [0.2, 0.25) is 5.95 Å². The number of aryl methyl sites for hydroxylation is 2. The zero-order chi connectivity index (χ0) is 19.8. The fourth-order valence-corrected chi connectivity index (χ4v) is 3.76. The van der Waals surface area contributed by atoms with Crippen molar-refractivity contribution in [1.82, 2.24) is 19.7 Å². The topological polar surface area (TPSA) is 58.9 Å². The molecule has 0 atom stereocenters. The van der Waals surface area contributed by atoms with Crippen LogP contribution in [0.15, 0.2) is 54.7 Å². The second-order valence-electron chi connectivity index (χ2n) is 7.62. The van der Waals surface area contributed by atoms with E-state index in [1.54, 1.807) is 0 Å². The van der Waals surface area contributed by atoms with Crippen molar-refractivity contribution in [3.63, 3.8) is 0 Å². The number of hydrogen-bond donors (Lipinski definition) is 1. The molecular weight excluding hydrogens is 360 g/mol. The van der Waals surface area contributed by atoms with Crippen LogP contribution in [-0.2, 0) is 0 Å². The molecule has 2 aromatic carbocycles. The standard InChI is InChI=1S/C23H24N6/c1-16-10-11-18(14-17(16)2)25-21-20-15-24-29(19-8-4-3-5-9-19)22(20)27-23(26-21)28-12-6-7-13-28/h3-5,8-11,14-15H,6-7,12-13H2,1-2H3,(H,25,26,27). The van der Waals surface area contributed by atoms with Gasteiger partial charge in [0.25, 0.3) is 0 Å². The number of fused-ring (bicyclic) bond motifs is 1. The number of benzene rings is 2. The van der Waals surface area contributed by atoms with Crippen molar-refractivity contribution in [3.8, 4) is 5.69 Å². The number of aromatic nitrogens is 4. The Morgan fingerprint density at radius 3 is 2.45 bits per heavy atom. The molecule has 1 fully saturated rings. The lowest BCUT2D eigenvalue weighted by atomic mass is 10.1. The molecule has 6 heteroatoms. The third-order valence-corrected chi connectivity index (χ3v) is 5.58. The van der Waals surface area contributed by atoms with Crippen molar-refractivity contribution in [3.05, 3.63) is 65.9 Å². The van der Waals surface area contributed by atoms with Crippen molar-refractivity contribution in [2.24, 2.45) is 0 Å². The first-order valence-corrected chi connectivity index (χ1v) is 10.1. The van der Waals surface area contributed by atoms with Crippen molar-refractivity contribution < 1.29 is 0 Å². The molecular formula is C23H24N6. The molecule has 0 radical (unpaired) electrons. The average Bonchev–Trinajstić information content (AvgIpc) is 3.41. The van der Waals surface area contributed by atoms with Gasteiger partial charge in [0.15, 0.2) is 5.65 Å². The van der Waals surface area contributed by atoms with Gasteiger partial charge in [-0.3, -0.25) is 0 Å². The molecule has 1 N–H and O–H groups in total. The molecule has 1 aliphatic rings. The zero-order valence-electron chi connectivity index (χ0n) is 16.8. The average molecular weight is 384 g/mol. The minimum Gasteiger partial charge on any atom is -0.341 e. The van der Waals surface area contributed by atoms with E-state index in [9.17, 15) is 0 Å². The van der Waals surface area contributed by atoms with Crippen molar-refractivity contribution in [2.45, 2.75) is 26.7 Å². The lowest BCUT2D eigenvalue weighted by Crippen LogP contribution is -2.21. The van der Waals surface area contributed by atoms with E-state index in [-0.39, 0.29) is 0 Å². The fraction of sp³-hybridized carbons (Fsp3) is 0.261. The first kappa shape index (κ1) is 17.7. The molecule has 0 amide bonds. The summed E-state index contributed by atoms with van der Waals surface area (Å²) in [7, 11) is 0. The fourth-order valence-electron chi connectivity index (χ4n) is 3.76. The highest BCUT2D eigenvalue weighted by Gasteiger charge is 2.20. The molecule has 29 heavy (non-hydrogen) atoms. The van der Waals surface area contributed by atoms with Gasteiger partial charge in [-0.25, -0.2) is 4.68 Å². The number of para-hydroxylation sites is 1. The maximum Gasteiger partial charge on any atom is 0.229 e. The van der Waals surface area contributed by atoms with Gasteiger partial charge in [-0.2, -0.15) is 15.1 Å². The largest absolute Gasteiger partial charge is 0.341 e. The van der Waals surface area contributed by atoms with Crippen molar-refractivity contribution >= 4 is 28.5 Å². The van der Waals surface area contributed by atoms with E-state index in [1.807, 2.05) is 41.2 Å². The minimum atomic E-state index is 0.763. The highest BCUT2D eigenvalue weighted by atomic mass is 15.3. The van der Waals surface area contributed by atoms with Crippen LogP contribution < -0.4 is 10.2 Å². The van der Waals surface area contributed by atoms with Crippen molar-refractivity contribution in [2.75, 3.05) is 23.3 Å². The van der Waals surface area contributed by atoms with Gasteiger partial charge in [-0.15, -0.1) is 0 Å². The highest BCUT2D eigenvalue weighted by molar-refractivity contribution is 5.90. The third-order valence-electron chi connectivity index (χ3n) is 5.58. The molecule has 5 rings (SSSR count). The molecule has 2 aromatic heterocycles. The minimum absolute atomic E-state index is 0.763. The lowest BCUT2D eigenvalue weighted by molar-refractivity contribution is 0.873. The Bertz CT molecular complexity index is 1160. The second kappa shape index (κ2) is 7.20. The van der Waals surface area contributed by atoms with Crippen LogP contribution in [0.2, 0.25) is 0 Å². The van der Waals surface area contributed by atoms with Gasteiger partial charge < -0.3 is 10.2 Å². The van der Waals surface area contributed by atoms with E-state index in [0.717, 1.165) is 47.3 Å².